The van der Waals surface area contributed by atoms with Gasteiger partial charge in [0.05, 0.1) is 19.8 Å². The van der Waals surface area contributed by atoms with Gasteiger partial charge in [-0.25, -0.2) is 4.39 Å². The molecule has 2 heterocycles. The number of benzene rings is 2. The molecule has 4 rings (SSSR count). The van der Waals surface area contributed by atoms with Gasteiger partial charge in [0.1, 0.15) is 5.82 Å². The Morgan fingerprint density at radius 2 is 1.67 bits per heavy atom. The smallest absolute Gasteiger partial charge is 0.258 e. The molecule has 0 radical (unpaired) electrons. The van der Waals surface area contributed by atoms with Gasteiger partial charge in [-0.15, -0.1) is 0 Å². The first kappa shape index (κ1) is 22.6. The van der Waals surface area contributed by atoms with Crippen molar-refractivity contribution in [1.82, 2.24) is 10.1 Å². The monoisotopic (exact) mass is 455 g/mol. The van der Waals surface area contributed by atoms with Crippen molar-refractivity contribution in [2.75, 3.05) is 31.3 Å². The minimum Gasteiger partial charge on any atom is -0.490 e. The number of amides is 1. The van der Waals surface area contributed by atoms with Crippen molar-refractivity contribution in [3.63, 3.8) is 0 Å². The van der Waals surface area contributed by atoms with Gasteiger partial charge in [0.25, 0.3) is 5.89 Å². The van der Waals surface area contributed by atoms with Crippen molar-refractivity contribution in [2.45, 2.75) is 33.1 Å². The second-order valence-electron chi connectivity index (χ2n) is 7.44. The highest BCUT2D eigenvalue weighted by Gasteiger charge is 2.35. The zero-order chi connectivity index (χ0) is 23.4. The van der Waals surface area contributed by atoms with Crippen LogP contribution in [0.2, 0.25) is 0 Å². The van der Waals surface area contributed by atoms with E-state index in [-0.39, 0.29) is 24.1 Å². The second kappa shape index (κ2) is 9.89. The van der Waals surface area contributed by atoms with Crippen LogP contribution >= 0.6 is 0 Å². The Kier molecular flexibility index (Phi) is 6.76. The van der Waals surface area contributed by atoms with Crippen LogP contribution in [0.25, 0.3) is 11.5 Å². The van der Waals surface area contributed by atoms with Crippen LogP contribution < -0.4 is 19.1 Å². The summed E-state index contributed by atoms with van der Waals surface area (Å²) in [7, 11) is 0. The summed E-state index contributed by atoms with van der Waals surface area (Å²) in [6.45, 7) is 7.42. The molecule has 1 atom stereocenters. The molecular weight excluding hydrogens is 429 g/mol. The molecule has 0 bridgehead atoms. The predicted octanol–water partition coefficient (Wildman–Crippen LogP) is 4.59. The zero-order valence-electron chi connectivity index (χ0n) is 18.8. The molecule has 3 aromatic rings. The van der Waals surface area contributed by atoms with Gasteiger partial charge in [-0.1, -0.05) is 5.16 Å². The van der Waals surface area contributed by atoms with Gasteiger partial charge in [-0.3, -0.25) is 4.79 Å². The highest BCUT2D eigenvalue weighted by Crippen LogP contribution is 2.42. The molecule has 1 amide bonds. The molecule has 33 heavy (non-hydrogen) atoms. The first-order valence-electron chi connectivity index (χ1n) is 11.0. The van der Waals surface area contributed by atoms with Gasteiger partial charge in [-0.2, -0.15) is 4.98 Å². The normalized spacial score (nSPS) is 15.7. The summed E-state index contributed by atoms with van der Waals surface area (Å²) >= 11 is 0. The Labute approximate surface area is 191 Å². The lowest BCUT2D eigenvalue weighted by Gasteiger charge is -2.16. The predicted molar refractivity (Wildman–Crippen MR) is 119 cm³/mol. The Balaban J connectivity index is 1.60. The minimum atomic E-state index is -0.349. The van der Waals surface area contributed by atoms with Crippen LogP contribution in [-0.4, -0.2) is 42.4 Å². The Bertz CT molecular complexity index is 1090. The maximum atomic E-state index is 13.2. The molecule has 2 aromatic carbocycles. The number of rotatable bonds is 9. The maximum absolute atomic E-state index is 13.2. The van der Waals surface area contributed by atoms with E-state index in [9.17, 15) is 9.18 Å². The molecule has 0 aliphatic carbocycles. The molecule has 1 aliphatic rings. The molecular formula is C24H26FN3O5. The fourth-order valence-corrected chi connectivity index (χ4v) is 3.78. The second-order valence-corrected chi connectivity index (χ2v) is 7.44. The summed E-state index contributed by atoms with van der Waals surface area (Å²) < 4.78 is 36.0. The molecule has 9 heteroatoms. The first-order chi connectivity index (χ1) is 16.0. The van der Waals surface area contributed by atoms with E-state index in [1.165, 1.54) is 12.1 Å². The van der Waals surface area contributed by atoms with Gasteiger partial charge >= 0.3 is 0 Å². The van der Waals surface area contributed by atoms with Crippen molar-refractivity contribution in [2.24, 2.45) is 0 Å². The average Bonchev–Trinajstić information content (AvgIpc) is 3.44. The van der Waals surface area contributed by atoms with Crippen molar-refractivity contribution in [1.29, 1.82) is 0 Å². The van der Waals surface area contributed by atoms with E-state index < -0.39 is 0 Å². The molecule has 0 spiro atoms. The quantitative estimate of drug-likeness (QED) is 0.466. The van der Waals surface area contributed by atoms with E-state index in [0.717, 1.165) is 0 Å². The van der Waals surface area contributed by atoms with E-state index in [1.54, 1.807) is 29.2 Å². The molecule has 8 nitrogen and oxygen atoms in total. The number of aromatic nitrogens is 2. The van der Waals surface area contributed by atoms with E-state index in [4.69, 9.17) is 18.7 Å². The van der Waals surface area contributed by atoms with Crippen molar-refractivity contribution >= 4 is 11.6 Å². The summed E-state index contributed by atoms with van der Waals surface area (Å²) in [5.41, 5.74) is 1.27. The molecule has 0 saturated carbocycles. The molecule has 0 unspecified atom stereocenters. The number of ether oxygens (including phenoxy) is 3. The van der Waals surface area contributed by atoms with Crippen LogP contribution in [0.15, 0.2) is 40.9 Å². The standard InChI is InChI=1S/C24H26FN3O5/c1-4-30-19-11-15(12-20(31-5-2)22(19)32-6-3)24-26-23(27-33-24)16-13-21(29)28(14-16)18-9-7-17(25)8-10-18/h7-12,16H,4-6,13-14H2,1-3H3/t16-/m1/s1. The summed E-state index contributed by atoms with van der Waals surface area (Å²) in [6.07, 6.45) is 0.244. The highest BCUT2D eigenvalue weighted by molar-refractivity contribution is 5.96. The van der Waals surface area contributed by atoms with Crippen LogP contribution in [0.5, 0.6) is 17.2 Å². The van der Waals surface area contributed by atoms with Crippen LogP contribution in [0.4, 0.5) is 10.1 Å². The highest BCUT2D eigenvalue weighted by atomic mass is 19.1. The number of carbonyl (C=O) groups excluding carboxylic acids is 1. The maximum Gasteiger partial charge on any atom is 0.258 e. The average molecular weight is 455 g/mol. The molecule has 1 saturated heterocycles. The van der Waals surface area contributed by atoms with Gasteiger partial charge < -0.3 is 23.6 Å². The Morgan fingerprint density at radius 1 is 1.03 bits per heavy atom. The molecule has 1 aliphatic heterocycles. The number of carbonyl (C=O) groups is 1. The first-order valence-corrected chi connectivity index (χ1v) is 11.0. The third-order valence-electron chi connectivity index (χ3n) is 5.23. The summed E-state index contributed by atoms with van der Waals surface area (Å²) in [4.78, 5) is 18.7. The number of nitrogens with zero attached hydrogens (tertiary/aromatic N) is 3. The lowest BCUT2D eigenvalue weighted by atomic mass is 10.1. The van der Waals surface area contributed by atoms with E-state index in [2.05, 4.69) is 10.1 Å². The van der Waals surface area contributed by atoms with Crippen LogP contribution in [-0.2, 0) is 4.79 Å². The van der Waals surface area contributed by atoms with Gasteiger partial charge in [0.15, 0.2) is 17.3 Å². The van der Waals surface area contributed by atoms with Crippen LogP contribution in [0, 0.1) is 5.82 Å². The molecule has 0 N–H and O–H groups in total. The molecule has 174 valence electrons. The summed E-state index contributed by atoms with van der Waals surface area (Å²) in [6, 6.07) is 9.39. The lowest BCUT2D eigenvalue weighted by Crippen LogP contribution is -2.24. The van der Waals surface area contributed by atoms with Crippen LogP contribution in [0.3, 0.4) is 0 Å². The van der Waals surface area contributed by atoms with E-state index in [1.807, 2.05) is 20.8 Å². The molecule has 1 fully saturated rings. The van der Waals surface area contributed by atoms with Crippen molar-refractivity contribution in [3.05, 3.63) is 48.0 Å². The van der Waals surface area contributed by atoms with Gasteiger partial charge in [0.2, 0.25) is 11.7 Å². The lowest BCUT2D eigenvalue weighted by molar-refractivity contribution is -0.117. The minimum absolute atomic E-state index is 0.0729. The third kappa shape index (κ3) is 4.76. The molecule has 1 aromatic heterocycles. The third-order valence-corrected chi connectivity index (χ3v) is 5.23. The van der Waals surface area contributed by atoms with Gasteiger partial charge in [-0.05, 0) is 57.2 Å². The Morgan fingerprint density at radius 3 is 2.27 bits per heavy atom. The fraction of sp³-hybridized carbons (Fsp3) is 0.375. The van der Waals surface area contributed by atoms with Gasteiger partial charge in [0, 0.05) is 30.1 Å². The number of anilines is 1. The SMILES string of the molecule is CCOc1cc(-c2nc([C@@H]3CC(=O)N(c4ccc(F)cc4)C3)no2)cc(OCC)c1OCC. The summed E-state index contributed by atoms with van der Waals surface area (Å²) in [5.74, 6) is 1.66. The number of hydrogen-bond donors (Lipinski definition) is 0. The fourth-order valence-electron chi connectivity index (χ4n) is 3.78. The number of halogens is 1. The Hall–Kier alpha value is -3.62. The largest absolute Gasteiger partial charge is 0.490 e. The van der Waals surface area contributed by atoms with Crippen LogP contribution in [0.1, 0.15) is 38.9 Å². The van der Waals surface area contributed by atoms with E-state index >= 15 is 0 Å². The zero-order valence-corrected chi connectivity index (χ0v) is 18.8. The van der Waals surface area contributed by atoms with E-state index in [0.29, 0.717) is 66.6 Å². The topological polar surface area (TPSA) is 86.9 Å². The summed E-state index contributed by atoms with van der Waals surface area (Å²) in [5, 5.41) is 4.12. The van der Waals surface area contributed by atoms with Crippen molar-refractivity contribution in [3.8, 4) is 28.7 Å². The number of hydrogen-bond acceptors (Lipinski definition) is 7. The van der Waals surface area contributed by atoms with Crippen molar-refractivity contribution < 1.29 is 27.9 Å².